The number of methoxy groups -OCH3 is 1. The highest BCUT2D eigenvalue weighted by Crippen LogP contribution is 2.30. The molecule has 1 N–H and O–H groups in total. The van der Waals surface area contributed by atoms with Crippen molar-refractivity contribution in [2.75, 3.05) is 7.11 Å². The Morgan fingerprint density at radius 2 is 1.83 bits per heavy atom. The molecule has 3 nitrogen and oxygen atoms in total. The molecule has 2 rings (SSSR count). The van der Waals surface area contributed by atoms with Gasteiger partial charge in [-0.05, 0) is 60.4 Å². The average Bonchev–Trinajstić information content (AvgIpc) is 2.38. The summed E-state index contributed by atoms with van der Waals surface area (Å²) in [6.45, 7) is 4.08. The molecule has 0 saturated carbocycles. The number of pyridine rings is 1. The third-order valence-corrected chi connectivity index (χ3v) is 3.01. The molecule has 1 heterocycles. The van der Waals surface area contributed by atoms with Gasteiger partial charge in [0.2, 0.25) is 0 Å². The van der Waals surface area contributed by atoms with Crippen LogP contribution in [0.5, 0.6) is 5.75 Å². The number of aliphatic hydroxyl groups is 1. The van der Waals surface area contributed by atoms with Gasteiger partial charge in [-0.25, -0.2) is 0 Å². The molecule has 18 heavy (non-hydrogen) atoms. The predicted molar refractivity (Wildman–Crippen MR) is 71.6 cm³/mol. The molecule has 0 unspecified atom stereocenters. The van der Waals surface area contributed by atoms with Crippen molar-refractivity contribution in [1.29, 1.82) is 0 Å². The van der Waals surface area contributed by atoms with Crippen molar-refractivity contribution in [3.63, 3.8) is 0 Å². The molecule has 0 radical (unpaired) electrons. The average molecular weight is 243 g/mol. The summed E-state index contributed by atoms with van der Waals surface area (Å²) in [6, 6.07) is 7.91. The van der Waals surface area contributed by atoms with Crippen LogP contribution in [0.2, 0.25) is 0 Å². The van der Waals surface area contributed by atoms with Crippen LogP contribution in [0.25, 0.3) is 11.1 Å². The van der Waals surface area contributed by atoms with Crippen molar-refractivity contribution in [2.45, 2.75) is 20.5 Å². The summed E-state index contributed by atoms with van der Waals surface area (Å²) in [4.78, 5) is 4.10. The maximum atomic E-state index is 9.15. The normalized spacial score (nSPS) is 10.4. The van der Waals surface area contributed by atoms with E-state index in [0.717, 1.165) is 22.4 Å². The Balaban J connectivity index is 2.56. The zero-order chi connectivity index (χ0) is 13.1. The lowest BCUT2D eigenvalue weighted by molar-refractivity contribution is 0.277. The molecule has 0 aliphatic rings. The molecule has 94 valence electrons. The molecule has 0 spiro atoms. The van der Waals surface area contributed by atoms with Gasteiger partial charge in [0, 0.05) is 6.20 Å². The molecule has 0 bridgehead atoms. The summed E-state index contributed by atoms with van der Waals surface area (Å²) in [5.41, 5.74) is 5.24. The van der Waals surface area contributed by atoms with Crippen molar-refractivity contribution >= 4 is 0 Å². The third kappa shape index (κ3) is 2.36. The van der Waals surface area contributed by atoms with Gasteiger partial charge < -0.3 is 9.84 Å². The number of aromatic nitrogens is 1. The Morgan fingerprint density at radius 1 is 1.17 bits per heavy atom. The topological polar surface area (TPSA) is 42.4 Å². The number of benzene rings is 1. The molecule has 1 aromatic heterocycles. The summed E-state index contributed by atoms with van der Waals surface area (Å²) in [5, 5.41) is 9.15. The van der Waals surface area contributed by atoms with Crippen LogP contribution in [0.4, 0.5) is 0 Å². The first-order chi connectivity index (χ1) is 8.65. The molecule has 1 aromatic carbocycles. The summed E-state index contributed by atoms with van der Waals surface area (Å²) < 4.78 is 5.26. The van der Waals surface area contributed by atoms with Crippen LogP contribution in [-0.4, -0.2) is 17.2 Å². The molecule has 0 aliphatic heterocycles. The van der Waals surface area contributed by atoms with Crippen molar-refractivity contribution in [1.82, 2.24) is 4.98 Å². The van der Waals surface area contributed by atoms with Gasteiger partial charge in [-0.3, -0.25) is 4.98 Å². The molecule has 3 heteroatoms. The van der Waals surface area contributed by atoms with E-state index in [0.29, 0.717) is 5.69 Å². The quantitative estimate of drug-likeness (QED) is 0.901. The fraction of sp³-hybridized carbons (Fsp3) is 0.267. The zero-order valence-electron chi connectivity index (χ0n) is 10.9. The Bertz CT molecular complexity index is 541. The second-order valence-corrected chi connectivity index (χ2v) is 4.33. The number of rotatable bonds is 3. The van der Waals surface area contributed by atoms with Crippen LogP contribution in [0, 0.1) is 13.8 Å². The van der Waals surface area contributed by atoms with E-state index in [1.54, 1.807) is 13.3 Å². The Hall–Kier alpha value is -1.87. The lowest BCUT2D eigenvalue weighted by Gasteiger charge is -2.13. The van der Waals surface area contributed by atoms with Crippen LogP contribution in [0.3, 0.4) is 0 Å². The van der Waals surface area contributed by atoms with Gasteiger partial charge in [0.15, 0.2) is 0 Å². The van der Waals surface area contributed by atoms with Crippen LogP contribution >= 0.6 is 0 Å². The van der Waals surface area contributed by atoms with Gasteiger partial charge in [0.1, 0.15) is 5.75 Å². The van der Waals surface area contributed by atoms with Gasteiger partial charge >= 0.3 is 0 Å². The van der Waals surface area contributed by atoms with E-state index in [2.05, 4.69) is 18.8 Å². The highest BCUT2D eigenvalue weighted by molar-refractivity contribution is 5.71. The minimum absolute atomic E-state index is 0.0396. The number of hydrogen-bond acceptors (Lipinski definition) is 3. The van der Waals surface area contributed by atoms with Crippen molar-refractivity contribution in [2.24, 2.45) is 0 Å². The first-order valence-electron chi connectivity index (χ1n) is 5.87. The summed E-state index contributed by atoms with van der Waals surface area (Å²) in [7, 11) is 1.67. The van der Waals surface area contributed by atoms with Gasteiger partial charge in [-0.1, -0.05) is 0 Å². The van der Waals surface area contributed by atoms with Crippen LogP contribution < -0.4 is 4.74 Å². The van der Waals surface area contributed by atoms with E-state index >= 15 is 0 Å². The standard InChI is InChI=1S/C15H17NO2/c1-10-6-14(18-3)7-11(2)15(10)12-4-5-16-13(8-12)9-17/h4-8,17H,9H2,1-3H3. The van der Waals surface area contributed by atoms with E-state index < -0.39 is 0 Å². The molecule has 0 saturated heterocycles. The smallest absolute Gasteiger partial charge is 0.119 e. The molecule has 0 atom stereocenters. The van der Waals surface area contributed by atoms with E-state index in [4.69, 9.17) is 9.84 Å². The number of aryl methyl sites for hydroxylation is 2. The Kier molecular flexibility index (Phi) is 3.63. The van der Waals surface area contributed by atoms with E-state index in [1.807, 2.05) is 24.3 Å². The number of hydrogen-bond donors (Lipinski definition) is 1. The fourth-order valence-corrected chi connectivity index (χ4v) is 2.22. The van der Waals surface area contributed by atoms with E-state index in [9.17, 15) is 0 Å². The van der Waals surface area contributed by atoms with Crippen molar-refractivity contribution in [3.05, 3.63) is 47.3 Å². The van der Waals surface area contributed by atoms with Gasteiger partial charge in [-0.2, -0.15) is 0 Å². The number of nitrogens with zero attached hydrogens (tertiary/aromatic N) is 1. The van der Waals surface area contributed by atoms with Crippen molar-refractivity contribution < 1.29 is 9.84 Å². The first-order valence-corrected chi connectivity index (χ1v) is 5.87. The van der Waals surface area contributed by atoms with E-state index in [1.165, 1.54) is 5.56 Å². The minimum atomic E-state index is -0.0396. The first kappa shape index (κ1) is 12.6. The molecular formula is C15H17NO2. The predicted octanol–water partition coefficient (Wildman–Crippen LogP) is 2.87. The largest absolute Gasteiger partial charge is 0.497 e. The lowest BCUT2D eigenvalue weighted by atomic mass is 9.95. The van der Waals surface area contributed by atoms with Gasteiger partial charge in [0.05, 0.1) is 19.4 Å². The van der Waals surface area contributed by atoms with Crippen LogP contribution in [-0.2, 0) is 6.61 Å². The molecule has 2 aromatic rings. The second kappa shape index (κ2) is 5.19. The maximum Gasteiger partial charge on any atom is 0.119 e. The zero-order valence-corrected chi connectivity index (χ0v) is 10.9. The monoisotopic (exact) mass is 243 g/mol. The van der Waals surface area contributed by atoms with Crippen LogP contribution in [0.1, 0.15) is 16.8 Å². The maximum absolute atomic E-state index is 9.15. The number of ether oxygens (including phenoxy) is 1. The van der Waals surface area contributed by atoms with Crippen LogP contribution in [0.15, 0.2) is 30.5 Å². The summed E-state index contributed by atoms with van der Waals surface area (Å²) >= 11 is 0. The molecule has 0 aliphatic carbocycles. The highest BCUT2D eigenvalue weighted by Gasteiger charge is 2.08. The molecular weight excluding hydrogens is 226 g/mol. The second-order valence-electron chi connectivity index (χ2n) is 4.33. The third-order valence-electron chi connectivity index (χ3n) is 3.01. The highest BCUT2D eigenvalue weighted by atomic mass is 16.5. The minimum Gasteiger partial charge on any atom is -0.497 e. The lowest BCUT2D eigenvalue weighted by Crippen LogP contribution is -1.94. The van der Waals surface area contributed by atoms with Gasteiger partial charge in [0.25, 0.3) is 0 Å². The Labute approximate surface area is 107 Å². The molecule has 0 fully saturated rings. The SMILES string of the molecule is COc1cc(C)c(-c2ccnc(CO)c2)c(C)c1. The fourth-order valence-electron chi connectivity index (χ4n) is 2.22. The van der Waals surface area contributed by atoms with E-state index in [-0.39, 0.29) is 6.61 Å². The van der Waals surface area contributed by atoms with Crippen molar-refractivity contribution in [3.8, 4) is 16.9 Å². The molecule has 0 amide bonds. The Morgan fingerprint density at radius 3 is 2.39 bits per heavy atom. The number of aliphatic hydroxyl groups excluding tert-OH is 1. The summed E-state index contributed by atoms with van der Waals surface area (Å²) in [5.74, 6) is 0.866. The van der Waals surface area contributed by atoms with Gasteiger partial charge in [-0.15, -0.1) is 0 Å². The summed E-state index contributed by atoms with van der Waals surface area (Å²) in [6.07, 6.45) is 1.73.